The molecule has 19 heavy (non-hydrogen) atoms. The maximum Gasteiger partial charge on any atom is 0.338 e. The van der Waals surface area contributed by atoms with Crippen molar-refractivity contribution in [3.8, 4) is 0 Å². The molecule has 0 bridgehead atoms. The highest BCUT2D eigenvalue weighted by atomic mass is 16.6. The molecule has 0 aliphatic heterocycles. The van der Waals surface area contributed by atoms with Crippen LogP contribution < -0.4 is 5.32 Å². The van der Waals surface area contributed by atoms with Gasteiger partial charge in [-0.05, 0) is 12.1 Å². The molecule has 0 aliphatic carbocycles. The Hall–Kier alpha value is -2.15. The highest BCUT2D eigenvalue weighted by molar-refractivity contribution is 5.76. The lowest BCUT2D eigenvalue weighted by Gasteiger charge is -2.23. The van der Waals surface area contributed by atoms with Gasteiger partial charge in [-0.15, -0.1) is 5.10 Å². The van der Waals surface area contributed by atoms with Crippen LogP contribution >= 0.6 is 0 Å². The van der Waals surface area contributed by atoms with Crippen molar-refractivity contribution < 1.29 is 9.41 Å². The van der Waals surface area contributed by atoms with Crippen LogP contribution in [-0.4, -0.2) is 53.3 Å². The Morgan fingerprint density at radius 2 is 2.16 bits per heavy atom. The molecule has 2 heterocycles. The van der Waals surface area contributed by atoms with Gasteiger partial charge in [-0.2, -0.15) is 0 Å². The normalized spacial score (nSPS) is 11.7. The van der Waals surface area contributed by atoms with E-state index in [9.17, 15) is 10.1 Å². The van der Waals surface area contributed by atoms with Crippen LogP contribution in [-0.2, 0) is 0 Å². The van der Waals surface area contributed by atoms with Crippen molar-refractivity contribution in [3.63, 3.8) is 0 Å². The van der Waals surface area contributed by atoms with E-state index in [1.165, 1.54) is 4.52 Å². The fourth-order valence-electron chi connectivity index (χ4n) is 1.79. The number of nitrogens with zero attached hydrogens (tertiary/aromatic N) is 4. The number of hydrogen-bond donors (Lipinski definition) is 1. The molecule has 1 N–H and O–H groups in total. The molecule has 7 nitrogen and oxygen atoms in total. The molecule has 0 spiro atoms. The number of quaternary nitrogens is 1. The molecule has 0 unspecified atom stereocenters. The maximum absolute atomic E-state index is 11.2. The summed E-state index contributed by atoms with van der Waals surface area (Å²) in [5.41, 5.74) is 0.530. The zero-order valence-corrected chi connectivity index (χ0v) is 11.3. The summed E-state index contributed by atoms with van der Waals surface area (Å²) < 4.78 is 2.31. The second-order valence-electron chi connectivity index (χ2n) is 5.43. The summed E-state index contributed by atoms with van der Waals surface area (Å²) in [6.07, 6.45) is 1.70. The van der Waals surface area contributed by atoms with Crippen LogP contribution in [0, 0.1) is 10.1 Å². The zero-order valence-electron chi connectivity index (χ0n) is 11.3. The van der Waals surface area contributed by atoms with Crippen molar-refractivity contribution >= 4 is 17.0 Å². The van der Waals surface area contributed by atoms with Crippen LogP contribution in [0.4, 0.5) is 11.5 Å². The summed E-state index contributed by atoms with van der Waals surface area (Å²) in [5.74, 6) is 0.324. The quantitative estimate of drug-likeness (QED) is 0.503. The SMILES string of the molecule is C[N+](C)(C)CCNc1nn2ccccc2c1[N+](=O)[O-]. The summed E-state index contributed by atoms with van der Waals surface area (Å²) in [6.45, 7) is 1.49. The van der Waals surface area contributed by atoms with E-state index in [1.54, 1.807) is 24.4 Å². The third-order valence-corrected chi connectivity index (χ3v) is 2.77. The number of anilines is 1. The largest absolute Gasteiger partial charge is 0.357 e. The van der Waals surface area contributed by atoms with Crippen molar-refractivity contribution in [3.05, 3.63) is 34.5 Å². The number of aromatic nitrogens is 2. The molecule has 0 amide bonds. The van der Waals surface area contributed by atoms with Crippen LogP contribution in [0.3, 0.4) is 0 Å². The third kappa shape index (κ3) is 3.00. The Morgan fingerprint density at radius 3 is 2.79 bits per heavy atom. The standard InChI is InChI=1S/C12H18N5O2/c1-17(2,3)9-7-13-12-11(16(18)19)10-6-4-5-8-15(10)14-12/h4-6,8H,7,9H2,1-3H3,(H,13,14)/q+1. The predicted molar refractivity (Wildman–Crippen MR) is 73.2 cm³/mol. The first-order valence-corrected chi connectivity index (χ1v) is 6.04. The van der Waals surface area contributed by atoms with Crippen molar-refractivity contribution in [1.82, 2.24) is 9.61 Å². The molecule has 0 saturated heterocycles. The van der Waals surface area contributed by atoms with E-state index < -0.39 is 4.92 Å². The van der Waals surface area contributed by atoms with Crippen LogP contribution in [0.1, 0.15) is 0 Å². The molecule has 2 rings (SSSR count). The van der Waals surface area contributed by atoms with Gasteiger partial charge < -0.3 is 9.80 Å². The minimum atomic E-state index is -0.392. The van der Waals surface area contributed by atoms with E-state index in [4.69, 9.17) is 0 Å². The molecule has 0 aromatic carbocycles. The van der Waals surface area contributed by atoms with Gasteiger partial charge in [-0.3, -0.25) is 10.1 Å². The van der Waals surface area contributed by atoms with Gasteiger partial charge in [0.2, 0.25) is 5.82 Å². The zero-order chi connectivity index (χ0) is 14.0. The van der Waals surface area contributed by atoms with Gasteiger partial charge in [0.1, 0.15) is 5.52 Å². The molecular weight excluding hydrogens is 246 g/mol. The van der Waals surface area contributed by atoms with Crippen molar-refractivity contribution in [2.45, 2.75) is 0 Å². The summed E-state index contributed by atoms with van der Waals surface area (Å²) in [4.78, 5) is 10.8. The molecule has 2 aromatic rings. The smallest absolute Gasteiger partial charge is 0.338 e. The van der Waals surface area contributed by atoms with E-state index in [-0.39, 0.29) is 5.69 Å². The summed E-state index contributed by atoms with van der Waals surface area (Å²) in [5, 5.41) is 18.4. The topological polar surface area (TPSA) is 72.5 Å². The molecular formula is C12H18N5O2+. The van der Waals surface area contributed by atoms with Crippen LogP contribution in [0.5, 0.6) is 0 Å². The Kier molecular flexibility index (Phi) is 3.39. The molecule has 0 fully saturated rings. The Bertz CT molecular complexity index is 600. The lowest BCUT2D eigenvalue weighted by molar-refractivity contribution is -0.868. The third-order valence-electron chi connectivity index (χ3n) is 2.77. The van der Waals surface area contributed by atoms with E-state index >= 15 is 0 Å². The van der Waals surface area contributed by atoms with Crippen molar-refractivity contribution in [2.75, 3.05) is 39.5 Å². The molecule has 0 aliphatic rings. The minimum absolute atomic E-state index is 0.0296. The van der Waals surface area contributed by atoms with Crippen LogP contribution in [0.2, 0.25) is 0 Å². The second-order valence-corrected chi connectivity index (χ2v) is 5.43. The lowest BCUT2D eigenvalue weighted by Crippen LogP contribution is -2.38. The summed E-state index contributed by atoms with van der Waals surface area (Å²) >= 11 is 0. The fraction of sp³-hybridized carbons (Fsp3) is 0.417. The van der Waals surface area contributed by atoms with Crippen LogP contribution in [0.15, 0.2) is 24.4 Å². The van der Waals surface area contributed by atoms with Gasteiger partial charge in [0.05, 0.1) is 39.2 Å². The number of nitrogens with one attached hydrogen (secondary N) is 1. The summed E-state index contributed by atoms with van der Waals surface area (Å²) in [6, 6.07) is 5.25. The maximum atomic E-state index is 11.2. The van der Waals surface area contributed by atoms with Gasteiger partial charge >= 0.3 is 5.69 Å². The number of pyridine rings is 1. The van der Waals surface area contributed by atoms with Gasteiger partial charge in [-0.25, -0.2) is 4.52 Å². The van der Waals surface area contributed by atoms with Crippen molar-refractivity contribution in [2.24, 2.45) is 0 Å². The second kappa shape index (κ2) is 4.85. The highest BCUT2D eigenvalue weighted by Crippen LogP contribution is 2.28. The average Bonchev–Trinajstić information content (AvgIpc) is 2.65. The van der Waals surface area contributed by atoms with E-state index in [2.05, 4.69) is 31.6 Å². The molecule has 102 valence electrons. The molecule has 2 aromatic heterocycles. The van der Waals surface area contributed by atoms with Gasteiger partial charge in [0.15, 0.2) is 0 Å². The van der Waals surface area contributed by atoms with E-state index in [0.29, 0.717) is 17.9 Å². The van der Waals surface area contributed by atoms with E-state index in [0.717, 1.165) is 11.0 Å². The Morgan fingerprint density at radius 1 is 1.42 bits per heavy atom. The molecule has 7 heteroatoms. The summed E-state index contributed by atoms with van der Waals surface area (Å²) in [7, 11) is 6.21. The molecule has 0 atom stereocenters. The molecule has 0 saturated carbocycles. The first kappa shape index (κ1) is 13.3. The van der Waals surface area contributed by atoms with Gasteiger partial charge in [0, 0.05) is 6.20 Å². The number of hydrogen-bond acceptors (Lipinski definition) is 4. The lowest BCUT2D eigenvalue weighted by atomic mass is 10.3. The average molecular weight is 264 g/mol. The first-order valence-electron chi connectivity index (χ1n) is 6.04. The molecule has 0 radical (unpaired) electrons. The monoisotopic (exact) mass is 264 g/mol. The first-order chi connectivity index (χ1) is 8.88. The van der Waals surface area contributed by atoms with Gasteiger partial charge in [-0.1, -0.05) is 6.07 Å². The Labute approximate surface area is 111 Å². The number of likely N-dealkylation sites (N-methyl/N-ethyl adjacent to an activating group) is 1. The number of rotatable bonds is 5. The fourth-order valence-corrected chi connectivity index (χ4v) is 1.79. The van der Waals surface area contributed by atoms with Crippen LogP contribution in [0.25, 0.3) is 5.52 Å². The van der Waals surface area contributed by atoms with Crippen molar-refractivity contribution in [1.29, 1.82) is 0 Å². The number of nitro groups is 1. The van der Waals surface area contributed by atoms with Gasteiger partial charge in [0.25, 0.3) is 0 Å². The highest BCUT2D eigenvalue weighted by Gasteiger charge is 2.23. The van der Waals surface area contributed by atoms with E-state index in [1.807, 2.05) is 0 Å². The Balaban J connectivity index is 2.27. The minimum Gasteiger partial charge on any atom is -0.357 e. The number of fused-ring (bicyclic) bond motifs is 1. The predicted octanol–water partition coefficient (Wildman–Crippen LogP) is 1.36.